The van der Waals surface area contributed by atoms with Gasteiger partial charge in [0.1, 0.15) is 5.75 Å². The highest BCUT2D eigenvalue weighted by molar-refractivity contribution is 9.10. The quantitative estimate of drug-likeness (QED) is 0.644. The molecule has 0 fully saturated rings. The van der Waals surface area contributed by atoms with E-state index in [4.69, 9.17) is 4.74 Å². The minimum absolute atomic E-state index is 0.0734. The van der Waals surface area contributed by atoms with Crippen LogP contribution >= 0.6 is 15.9 Å². The zero-order valence-corrected chi connectivity index (χ0v) is 15.0. The van der Waals surface area contributed by atoms with Gasteiger partial charge in [0.05, 0.1) is 11.6 Å². The summed E-state index contributed by atoms with van der Waals surface area (Å²) in [7, 11) is 1.60. The molecule has 1 amide bonds. The Bertz CT molecular complexity index is 857. The molecule has 0 aliphatic rings. The largest absolute Gasteiger partial charge is 0.496 e. The number of hydrogen-bond acceptors (Lipinski definition) is 2. The molecule has 3 rings (SSSR count). The number of benzene rings is 2. The smallest absolute Gasteiger partial charge is 0.251 e. The maximum absolute atomic E-state index is 12.2. The van der Waals surface area contributed by atoms with Crippen LogP contribution in [-0.2, 0) is 6.54 Å². The van der Waals surface area contributed by atoms with Gasteiger partial charge >= 0.3 is 0 Å². The molecule has 0 radical (unpaired) electrons. The zero-order valence-electron chi connectivity index (χ0n) is 13.5. The fourth-order valence-corrected chi connectivity index (χ4v) is 3.24. The fourth-order valence-electron chi connectivity index (χ4n) is 2.70. The maximum Gasteiger partial charge on any atom is 0.251 e. The summed E-state index contributed by atoms with van der Waals surface area (Å²) in [5.74, 6) is 0.641. The lowest BCUT2D eigenvalue weighted by Gasteiger charge is -2.09. The number of halogens is 1. The van der Waals surface area contributed by atoms with Crippen molar-refractivity contribution in [1.82, 2.24) is 9.88 Å². The van der Waals surface area contributed by atoms with Crippen LogP contribution in [0.1, 0.15) is 16.8 Å². The number of aromatic nitrogens is 1. The first-order valence-corrected chi connectivity index (χ1v) is 8.64. The average molecular weight is 387 g/mol. The van der Waals surface area contributed by atoms with E-state index in [9.17, 15) is 4.79 Å². The molecular weight excluding hydrogens is 368 g/mol. The van der Waals surface area contributed by atoms with E-state index in [2.05, 4.69) is 50.2 Å². The summed E-state index contributed by atoms with van der Waals surface area (Å²) in [4.78, 5) is 12.2. The predicted octanol–water partition coefficient (Wildman–Crippen LogP) is 4.23. The van der Waals surface area contributed by atoms with E-state index < -0.39 is 0 Å². The number of aryl methyl sites for hydroxylation is 1. The molecule has 0 saturated heterocycles. The fraction of sp³-hybridized carbons (Fsp3) is 0.211. The number of fused-ring (bicyclic) bond motifs is 1. The van der Waals surface area contributed by atoms with Crippen molar-refractivity contribution in [3.63, 3.8) is 0 Å². The van der Waals surface area contributed by atoms with Crippen LogP contribution in [0.2, 0.25) is 0 Å². The number of amides is 1. The maximum atomic E-state index is 12.2. The Morgan fingerprint density at radius 2 is 2.04 bits per heavy atom. The third-order valence-electron chi connectivity index (χ3n) is 3.96. The van der Waals surface area contributed by atoms with Crippen molar-refractivity contribution in [2.45, 2.75) is 13.0 Å². The molecule has 0 atom stereocenters. The van der Waals surface area contributed by atoms with Crippen LogP contribution in [0, 0.1) is 0 Å². The van der Waals surface area contributed by atoms with Gasteiger partial charge in [0, 0.05) is 30.4 Å². The van der Waals surface area contributed by atoms with Crippen molar-refractivity contribution in [3.8, 4) is 5.75 Å². The molecule has 1 heterocycles. The third kappa shape index (κ3) is 3.62. The van der Waals surface area contributed by atoms with Gasteiger partial charge in [-0.3, -0.25) is 4.79 Å². The SMILES string of the molecule is COc1ccc(C(=O)NCCCn2ccc3ccccc32)cc1Br. The van der Waals surface area contributed by atoms with Gasteiger partial charge in [-0.1, -0.05) is 18.2 Å². The van der Waals surface area contributed by atoms with Gasteiger partial charge in [-0.15, -0.1) is 0 Å². The first kappa shape index (κ1) is 16.6. The Labute approximate surface area is 149 Å². The Hall–Kier alpha value is -2.27. The van der Waals surface area contributed by atoms with Crippen molar-refractivity contribution in [1.29, 1.82) is 0 Å². The van der Waals surface area contributed by atoms with Gasteiger partial charge in [-0.2, -0.15) is 0 Å². The number of hydrogen-bond donors (Lipinski definition) is 1. The highest BCUT2D eigenvalue weighted by Gasteiger charge is 2.08. The minimum atomic E-state index is -0.0734. The Kier molecular flexibility index (Phi) is 5.20. The number of ether oxygens (including phenoxy) is 1. The number of rotatable bonds is 6. The predicted molar refractivity (Wildman–Crippen MR) is 99.6 cm³/mol. The molecule has 2 aromatic carbocycles. The van der Waals surface area contributed by atoms with Crippen LogP contribution in [-0.4, -0.2) is 24.1 Å². The Balaban J connectivity index is 1.53. The minimum Gasteiger partial charge on any atom is -0.496 e. The molecule has 0 spiro atoms. The first-order valence-electron chi connectivity index (χ1n) is 7.84. The molecule has 24 heavy (non-hydrogen) atoms. The van der Waals surface area contributed by atoms with E-state index >= 15 is 0 Å². The second-order valence-corrected chi connectivity index (χ2v) is 6.38. The highest BCUT2D eigenvalue weighted by atomic mass is 79.9. The summed E-state index contributed by atoms with van der Waals surface area (Å²) in [6.07, 6.45) is 2.97. The molecule has 124 valence electrons. The van der Waals surface area contributed by atoms with Gasteiger partial charge in [0.2, 0.25) is 0 Å². The second kappa shape index (κ2) is 7.53. The van der Waals surface area contributed by atoms with Gasteiger partial charge in [-0.05, 0) is 58.1 Å². The van der Waals surface area contributed by atoms with Gasteiger partial charge in [-0.25, -0.2) is 0 Å². The molecule has 0 aliphatic carbocycles. The zero-order chi connectivity index (χ0) is 16.9. The lowest BCUT2D eigenvalue weighted by molar-refractivity contribution is 0.0952. The molecular formula is C19H19BrN2O2. The average Bonchev–Trinajstić information content (AvgIpc) is 3.01. The van der Waals surface area contributed by atoms with Crippen LogP contribution < -0.4 is 10.1 Å². The summed E-state index contributed by atoms with van der Waals surface area (Å²) in [6, 6.07) is 15.7. The van der Waals surface area contributed by atoms with Crippen LogP contribution in [0.3, 0.4) is 0 Å². The summed E-state index contributed by atoms with van der Waals surface area (Å²) >= 11 is 3.40. The van der Waals surface area contributed by atoms with Gasteiger partial charge in [0.25, 0.3) is 5.91 Å². The topological polar surface area (TPSA) is 43.3 Å². The highest BCUT2D eigenvalue weighted by Crippen LogP contribution is 2.25. The lowest BCUT2D eigenvalue weighted by atomic mass is 10.2. The van der Waals surface area contributed by atoms with E-state index in [0.717, 1.165) is 17.4 Å². The van der Waals surface area contributed by atoms with Crippen LogP contribution in [0.4, 0.5) is 0 Å². The van der Waals surface area contributed by atoms with Crippen molar-refractivity contribution in [2.75, 3.05) is 13.7 Å². The number of carbonyl (C=O) groups excluding carboxylic acids is 1. The first-order chi connectivity index (χ1) is 11.7. The molecule has 1 N–H and O–H groups in total. The number of carbonyl (C=O) groups is 1. The van der Waals surface area contributed by atoms with Crippen molar-refractivity contribution in [3.05, 3.63) is 64.8 Å². The van der Waals surface area contributed by atoms with Gasteiger partial charge in [0.15, 0.2) is 0 Å². The molecule has 5 heteroatoms. The van der Waals surface area contributed by atoms with Crippen molar-refractivity contribution < 1.29 is 9.53 Å². The standard InChI is InChI=1S/C19H19BrN2O2/c1-24-18-8-7-15(13-16(18)20)19(23)21-10-4-11-22-12-9-14-5-2-3-6-17(14)22/h2-3,5-9,12-13H,4,10-11H2,1H3,(H,21,23). The molecule has 0 aliphatic heterocycles. The summed E-state index contributed by atoms with van der Waals surface area (Å²) in [6.45, 7) is 1.51. The van der Waals surface area contributed by atoms with Crippen molar-refractivity contribution in [2.24, 2.45) is 0 Å². The normalized spacial score (nSPS) is 10.8. The van der Waals surface area contributed by atoms with E-state index in [1.165, 1.54) is 10.9 Å². The third-order valence-corrected chi connectivity index (χ3v) is 4.58. The molecule has 0 unspecified atom stereocenters. The number of para-hydroxylation sites is 1. The van der Waals surface area contributed by atoms with Crippen LogP contribution in [0.25, 0.3) is 10.9 Å². The molecule has 0 bridgehead atoms. The van der Waals surface area contributed by atoms with E-state index in [1.54, 1.807) is 25.3 Å². The molecule has 1 aromatic heterocycles. The number of nitrogens with zero attached hydrogens (tertiary/aromatic N) is 1. The van der Waals surface area contributed by atoms with Crippen LogP contribution in [0.15, 0.2) is 59.2 Å². The second-order valence-electron chi connectivity index (χ2n) is 5.53. The van der Waals surface area contributed by atoms with Crippen molar-refractivity contribution >= 4 is 32.7 Å². The summed E-state index contributed by atoms with van der Waals surface area (Å²) in [5.41, 5.74) is 1.84. The molecule has 3 aromatic rings. The number of methoxy groups -OCH3 is 1. The number of nitrogens with one attached hydrogen (secondary N) is 1. The Morgan fingerprint density at radius 1 is 1.21 bits per heavy atom. The van der Waals surface area contributed by atoms with Gasteiger partial charge < -0.3 is 14.6 Å². The van der Waals surface area contributed by atoms with E-state index in [0.29, 0.717) is 17.9 Å². The lowest BCUT2D eigenvalue weighted by Crippen LogP contribution is -2.25. The summed E-state index contributed by atoms with van der Waals surface area (Å²) < 4.78 is 8.16. The van der Waals surface area contributed by atoms with Crippen LogP contribution in [0.5, 0.6) is 5.75 Å². The molecule has 0 saturated carbocycles. The Morgan fingerprint density at radius 3 is 2.83 bits per heavy atom. The van der Waals surface area contributed by atoms with E-state index in [1.807, 2.05) is 12.1 Å². The monoisotopic (exact) mass is 386 g/mol. The molecule has 4 nitrogen and oxygen atoms in total. The van der Waals surface area contributed by atoms with E-state index in [-0.39, 0.29) is 5.91 Å². The summed E-state index contributed by atoms with van der Waals surface area (Å²) in [5, 5.41) is 4.20.